The van der Waals surface area contributed by atoms with Crippen LogP contribution in [0.1, 0.15) is 22.3 Å². The fourth-order valence-electron chi connectivity index (χ4n) is 2.58. The third kappa shape index (κ3) is 3.26. The van der Waals surface area contributed by atoms with E-state index in [2.05, 4.69) is 5.32 Å². The third-order valence-corrected chi connectivity index (χ3v) is 5.82. The molecule has 0 spiro atoms. The summed E-state index contributed by atoms with van der Waals surface area (Å²) < 4.78 is 38.7. The summed E-state index contributed by atoms with van der Waals surface area (Å²) in [5.41, 5.74) is 1.79. The van der Waals surface area contributed by atoms with E-state index in [4.69, 9.17) is 0 Å². The summed E-state index contributed by atoms with van der Waals surface area (Å²) in [6.45, 7) is 2.10. The van der Waals surface area contributed by atoms with Crippen LogP contribution in [0.25, 0.3) is 0 Å². The van der Waals surface area contributed by atoms with Crippen molar-refractivity contribution < 1.29 is 17.6 Å². The third-order valence-electron chi connectivity index (χ3n) is 3.95. The van der Waals surface area contributed by atoms with Gasteiger partial charge in [-0.3, -0.25) is 9.10 Å². The molecule has 1 N–H and O–H groups in total. The average molecular weight is 348 g/mol. The van der Waals surface area contributed by atoms with Crippen LogP contribution < -0.4 is 9.62 Å². The number of carbonyl (C=O) groups is 1. The minimum Gasteiger partial charge on any atom is -0.322 e. The lowest BCUT2D eigenvalue weighted by Gasteiger charge is -2.17. The molecule has 0 atom stereocenters. The van der Waals surface area contributed by atoms with Gasteiger partial charge in [0.2, 0.25) is 10.0 Å². The number of nitrogens with one attached hydrogen (secondary N) is 1. The summed E-state index contributed by atoms with van der Waals surface area (Å²) in [7, 11) is -3.24. The van der Waals surface area contributed by atoms with E-state index in [1.54, 1.807) is 43.3 Å². The molecule has 3 rings (SSSR count). The Balaban J connectivity index is 1.75. The molecule has 2 aromatic rings. The van der Waals surface area contributed by atoms with E-state index in [0.717, 1.165) is 0 Å². The van der Waals surface area contributed by atoms with E-state index in [9.17, 15) is 17.6 Å². The van der Waals surface area contributed by atoms with Crippen molar-refractivity contribution in [3.63, 3.8) is 0 Å². The van der Waals surface area contributed by atoms with Gasteiger partial charge in [-0.15, -0.1) is 0 Å². The summed E-state index contributed by atoms with van der Waals surface area (Å²) in [6, 6.07) is 10.8. The Hall–Kier alpha value is -2.41. The van der Waals surface area contributed by atoms with Gasteiger partial charge in [-0.25, -0.2) is 12.8 Å². The smallest absolute Gasteiger partial charge is 0.255 e. The van der Waals surface area contributed by atoms with E-state index in [1.165, 1.54) is 10.4 Å². The SMILES string of the molecule is Cc1ccc(NC(=O)c2ccc(N3CCCS3(=O)=O)cc2)cc1F. The second kappa shape index (κ2) is 6.24. The van der Waals surface area contributed by atoms with Gasteiger partial charge in [0.1, 0.15) is 5.82 Å². The predicted molar refractivity (Wildman–Crippen MR) is 91.3 cm³/mol. The molecule has 1 heterocycles. The highest BCUT2D eigenvalue weighted by Crippen LogP contribution is 2.24. The summed E-state index contributed by atoms with van der Waals surface area (Å²) >= 11 is 0. The lowest BCUT2D eigenvalue weighted by molar-refractivity contribution is 0.102. The number of amides is 1. The molecular weight excluding hydrogens is 331 g/mol. The first-order valence-electron chi connectivity index (χ1n) is 7.55. The molecule has 0 aromatic heterocycles. The van der Waals surface area contributed by atoms with E-state index in [1.807, 2.05) is 0 Å². The number of rotatable bonds is 3. The second-order valence-corrected chi connectivity index (χ2v) is 7.72. The van der Waals surface area contributed by atoms with Crippen LogP contribution in [-0.4, -0.2) is 26.6 Å². The first kappa shape index (κ1) is 16.4. The highest BCUT2D eigenvalue weighted by Gasteiger charge is 2.28. The minimum atomic E-state index is -3.24. The largest absolute Gasteiger partial charge is 0.322 e. The zero-order valence-electron chi connectivity index (χ0n) is 13.1. The molecule has 0 bridgehead atoms. The Kier molecular flexibility index (Phi) is 4.28. The van der Waals surface area contributed by atoms with Gasteiger partial charge < -0.3 is 5.32 Å². The molecule has 0 saturated carbocycles. The summed E-state index contributed by atoms with van der Waals surface area (Å²) in [6.07, 6.45) is 0.601. The summed E-state index contributed by atoms with van der Waals surface area (Å²) in [5.74, 6) is -0.620. The van der Waals surface area contributed by atoms with Crippen LogP contribution in [0.3, 0.4) is 0 Å². The molecule has 1 fully saturated rings. The Morgan fingerprint density at radius 3 is 2.46 bits per heavy atom. The van der Waals surface area contributed by atoms with Crippen LogP contribution in [-0.2, 0) is 10.0 Å². The maximum atomic E-state index is 13.5. The monoisotopic (exact) mass is 348 g/mol. The molecule has 1 aliphatic heterocycles. The number of sulfonamides is 1. The molecule has 1 saturated heterocycles. The number of hydrogen-bond donors (Lipinski definition) is 1. The molecule has 0 aliphatic carbocycles. The van der Waals surface area contributed by atoms with E-state index in [0.29, 0.717) is 35.5 Å². The van der Waals surface area contributed by atoms with Crippen molar-refractivity contribution in [3.05, 3.63) is 59.4 Å². The Bertz CT molecular complexity index is 879. The van der Waals surface area contributed by atoms with E-state index in [-0.39, 0.29) is 17.5 Å². The van der Waals surface area contributed by atoms with Crippen molar-refractivity contribution in [1.82, 2.24) is 0 Å². The van der Waals surface area contributed by atoms with Gasteiger partial charge in [0.15, 0.2) is 0 Å². The minimum absolute atomic E-state index is 0.147. The highest BCUT2D eigenvalue weighted by molar-refractivity contribution is 7.93. The van der Waals surface area contributed by atoms with Crippen molar-refractivity contribution >= 4 is 27.3 Å². The zero-order chi connectivity index (χ0) is 17.3. The molecule has 7 heteroatoms. The highest BCUT2D eigenvalue weighted by atomic mass is 32.2. The van der Waals surface area contributed by atoms with Crippen LogP contribution in [0.5, 0.6) is 0 Å². The number of benzene rings is 2. The van der Waals surface area contributed by atoms with Gasteiger partial charge in [0.25, 0.3) is 5.91 Å². The van der Waals surface area contributed by atoms with Crippen LogP contribution in [0, 0.1) is 12.7 Å². The van der Waals surface area contributed by atoms with Gasteiger partial charge >= 0.3 is 0 Å². The zero-order valence-corrected chi connectivity index (χ0v) is 13.9. The van der Waals surface area contributed by atoms with Crippen LogP contribution in [0.15, 0.2) is 42.5 Å². The van der Waals surface area contributed by atoms with Crippen molar-refractivity contribution in [1.29, 1.82) is 0 Å². The second-order valence-electron chi connectivity index (χ2n) is 5.71. The molecular formula is C17H17FN2O3S. The number of nitrogens with zero attached hydrogens (tertiary/aromatic N) is 1. The standard InChI is InChI=1S/C17H17FN2O3S/c1-12-3-6-14(11-16(12)18)19-17(21)13-4-7-15(8-5-13)20-9-2-10-24(20,22)23/h3-8,11H,2,9-10H2,1H3,(H,19,21). The van der Waals surface area contributed by atoms with Crippen molar-refractivity contribution in [2.45, 2.75) is 13.3 Å². The fourth-order valence-corrected chi connectivity index (χ4v) is 4.15. The quantitative estimate of drug-likeness (QED) is 0.927. The average Bonchev–Trinajstić information content (AvgIpc) is 2.90. The van der Waals surface area contributed by atoms with Crippen molar-refractivity contribution in [2.24, 2.45) is 0 Å². The Labute approximate surface area is 140 Å². The first-order chi connectivity index (χ1) is 11.4. The summed E-state index contributed by atoms with van der Waals surface area (Å²) in [4.78, 5) is 12.2. The van der Waals surface area contributed by atoms with Crippen molar-refractivity contribution in [3.8, 4) is 0 Å². The van der Waals surface area contributed by atoms with Crippen LogP contribution in [0.2, 0.25) is 0 Å². The van der Waals surface area contributed by atoms with Gasteiger partial charge in [-0.1, -0.05) is 6.07 Å². The number of aryl methyl sites for hydroxylation is 1. The lowest BCUT2D eigenvalue weighted by atomic mass is 10.1. The normalized spacial score (nSPS) is 16.2. The molecule has 1 amide bonds. The Morgan fingerprint density at radius 1 is 1.17 bits per heavy atom. The molecule has 5 nitrogen and oxygen atoms in total. The molecule has 0 unspecified atom stereocenters. The van der Waals surface area contributed by atoms with Gasteiger partial charge in [-0.2, -0.15) is 0 Å². The lowest BCUT2D eigenvalue weighted by Crippen LogP contribution is -2.25. The first-order valence-corrected chi connectivity index (χ1v) is 9.16. The topological polar surface area (TPSA) is 66.5 Å². The van der Waals surface area contributed by atoms with Crippen LogP contribution in [0.4, 0.5) is 15.8 Å². The fraction of sp³-hybridized carbons (Fsp3) is 0.235. The van der Waals surface area contributed by atoms with E-state index >= 15 is 0 Å². The molecule has 2 aromatic carbocycles. The number of anilines is 2. The molecule has 24 heavy (non-hydrogen) atoms. The molecule has 126 valence electrons. The van der Waals surface area contributed by atoms with Gasteiger partial charge in [0.05, 0.1) is 11.4 Å². The Morgan fingerprint density at radius 2 is 1.88 bits per heavy atom. The molecule has 0 radical (unpaired) electrons. The maximum absolute atomic E-state index is 13.5. The van der Waals surface area contributed by atoms with Crippen molar-refractivity contribution in [2.75, 3.05) is 21.9 Å². The number of hydrogen-bond acceptors (Lipinski definition) is 3. The predicted octanol–water partition coefficient (Wildman–Crippen LogP) is 2.93. The van der Waals surface area contributed by atoms with Gasteiger partial charge in [0, 0.05) is 17.8 Å². The van der Waals surface area contributed by atoms with E-state index < -0.39 is 10.0 Å². The van der Waals surface area contributed by atoms with Crippen LogP contribution >= 0.6 is 0 Å². The number of halogens is 1. The number of carbonyl (C=O) groups excluding carboxylic acids is 1. The molecule has 1 aliphatic rings. The maximum Gasteiger partial charge on any atom is 0.255 e. The van der Waals surface area contributed by atoms with Gasteiger partial charge in [-0.05, 0) is 55.3 Å². The summed E-state index contributed by atoms with van der Waals surface area (Å²) in [5, 5.41) is 2.62.